The number of aromatic nitrogens is 4. The largest absolute Gasteiger partial charge is 0.352 e. The summed E-state index contributed by atoms with van der Waals surface area (Å²) in [6.45, 7) is 0.567. The van der Waals surface area contributed by atoms with Crippen molar-refractivity contribution in [3.8, 4) is 0 Å². The van der Waals surface area contributed by atoms with Crippen molar-refractivity contribution in [3.63, 3.8) is 0 Å². The Morgan fingerprint density at radius 2 is 2.17 bits per heavy atom. The molecule has 1 saturated carbocycles. The van der Waals surface area contributed by atoms with Crippen molar-refractivity contribution >= 4 is 28.4 Å². The third-order valence-electron chi connectivity index (χ3n) is 4.54. The van der Waals surface area contributed by atoms with Crippen LogP contribution in [0.5, 0.6) is 0 Å². The lowest BCUT2D eigenvalue weighted by Crippen LogP contribution is -2.25. The Hall–Kier alpha value is -2.28. The Bertz CT molecular complexity index is 836. The van der Waals surface area contributed by atoms with Crippen LogP contribution in [0.1, 0.15) is 47.8 Å². The van der Waals surface area contributed by atoms with Crippen LogP contribution in [0.15, 0.2) is 29.5 Å². The van der Waals surface area contributed by atoms with Gasteiger partial charge in [0.1, 0.15) is 5.52 Å². The van der Waals surface area contributed by atoms with Crippen molar-refractivity contribution in [2.45, 2.75) is 38.1 Å². The van der Waals surface area contributed by atoms with Gasteiger partial charge in [0.05, 0.1) is 23.1 Å². The zero-order chi connectivity index (χ0) is 16.4. The fourth-order valence-electron chi connectivity index (χ4n) is 3.26. The molecule has 1 aliphatic carbocycles. The number of nitrogens with one attached hydrogen (secondary N) is 1. The fraction of sp³-hybridized carbons (Fsp3) is 0.412. The number of hydrogen-bond acceptors (Lipinski definition) is 5. The van der Waals surface area contributed by atoms with E-state index in [9.17, 15) is 4.79 Å². The van der Waals surface area contributed by atoms with Crippen molar-refractivity contribution in [2.75, 3.05) is 6.54 Å². The molecule has 0 unspecified atom stereocenters. The summed E-state index contributed by atoms with van der Waals surface area (Å²) in [5, 5.41) is 4.91. The fourth-order valence-corrected chi connectivity index (χ4v) is 3.85. The van der Waals surface area contributed by atoms with Crippen LogP contribution in [-0.4, -0.2) is 32.0 Å². The van der Waals surface area contributed by atoms with Crippen molar-refractivity contribution in [3.05, 3.63) is 40.7 Å². The molecule has 3 heterocycles. The lowest BCUT2D eigenvalue weighted by Gasteiger charge is -2.11. The van der Waals surface area contributed by atoms with Gasteiger partial charge in [0.25, 0.3) is 5.91 Å². The number of carbonyl (C=O) groups is 1. The highest BCUT2D eigenvalue weighted by Gasteiger charge is 2.20. The summed E-state index contributed by atoms with van der Waals surface area (Å²) < 4.78 is 2.16. The average Bonchev–Trinajstić information content (AvgIpc) is 3.34. The molecular formula is C17H19N5OS. The molecule has 0 spiro atoms. The van der Waals surface area contributed by atoms with E-state index >= 15 is 0 Å². The van der Waals surface area contributed by atoms with E-state index in [-0.39, 0.29) is 5.91 Å². The molecule has 0 atom stereocenters. The molecule has 6 nitrogen and oxygen atoms in total. The zero-order valence-corrected chi connectivity index (χ0v) is 14.1. The second-order valence-electron chi connectivity index (χ2n) is 6.14. The smallest absolute Gasteiger partial charge is 0.252 e. The molecule has 0 bridgehead atoms. The molecule has 0 aromatic carbocycles. The standard InChI is InChI=1S/C17H19N5OS/c23-17(18-6-5-13-9-24-11-21-13)12-7-15-16(19-8-12)22(10-20-15)14-3-1-2-4-14/h7-11,14H,1-6H2,(H,18,23). The Labute approximate surface area is 144 Å². The normalized spacial score (nSPS) is 15.2. The minimum atomic E-state index is -0.116. The van der Waals surface area contributed by atoms with Crippen LogP contribution < -0.4 is 5.32 Å². The maximum absolute atomic E-state index is 12.3. The minimum absolute atomic E-state index is 0.116. The topological polar surface area (TPSA) is 72.7 Å². The van der Waals surface area contributed by atoms with Gasteiger partial charge in [-0.25, -0.2) is 15.0 Å². The molecule has 1 amide bonds. The third-order valence-corrected chi connectivity index (χ3v) is 5.18. The van der Waals surface area contributed by atoms with Gasteiger partial charge in [-0.05, 0) is 18.9 Å². The van der Waals surface area contributed by atoms with E-state index in [0.29, 0.717) is 18.2 Å². The van der Waals surface area contributed by atoms with Crippen molar-refractivity contribution < 1.29 is 4.79 Å². The Morgan fingerprint density at radius 3 is 2.96 bits per heavy atom. The molecule has 1 N–H and O–H groups in total. The Morgan fingerprint density at radius 1 is 1.29 bits per heavy atom. The number of amides is 1. The first kappa shape index (κ1) is 15.3. The molecule has 0 saturated heterocycles. The predicted molar refractivity (Wildman–Crippen MR) is 93.2 cm³/mol. The predicted octanol–water partition coefficient (Wildman–Crippen LogP) is 2.98. The Balaban J connectivity index is 1.45. The van der Waals surface area contributed by atoms with Crippen LogP contribution in [0, 0.1) is 0 Å². The Kier molecular flexibility index (Phi) is 4.25. The number of hydrogen-bond donors (Lipinski definition) is 1. The van der Waals surface area contributed by atoms with Crippen molar-refractivity contribution in [1.82, 2.24) is 24.8 Å². The quantitative estimate of drug-likeness (QED) is 0.774. The lowest BCUT2D eigenvalue weighted by atomic mass is 10.2. The number of pyridine rings is 1. The van der Waals surface area contributed by atoms with E-state index < -0.39 is 0 Å². The summed E-state index contributed by atoms with van der Waals surface area (Å²) in [5.74, 6) is -0.116. The van der Waals surface area contributed by atoms with Crippen LogP contribution in [0.25, 0.3) is 11.2 Å². The third kappa shape index (κ3) is 3.03. The summed E-state index contributed by atoms with van der Waals surface area (Å²) in [5.41, 5.74) is 5.02. The summed E-state index contributed by atoms with van der Waals surface area (Å²) in [6, 6.07) is 2.33. The molecule has 1 fully saturated rings. The van der Waals surface area contributed by atoms with Crippen molar-refractivity contribution in [1.29, 1.82) is 0 Å². The highest BCUT2D eigenvalue weighted by Crippen LogP contribution is 2.31. The van der Waals surface area contributed by atoms with Crippen LogP contribution in [0.3, 0.4) is 0 Å². The van der Waals surface area contributed by atoms with E-state index in [4.69, 9.17) is 0 Å². The summed E-state index contributed by atoms with van der Waals surface area (Å²) in [7, 11) is 0. The number of nitrogens with zero attached hydrogens (tertiary/aromatic N) is 4. The number of thiazole rings is 1. The van der Waals surface area contributed by atoms with Gasteiger partial charge in [-0.2, -0.15) is 0 Å². The van der Waals surface area contributed by atoms with Crippen LogP contribution in [-0.2, 0) is 6.42 Å². The summed E-state index contributed by atoms with van der Waals surface area (Å²) >= 11 is 1.56. The lowest BCUT2D eigenvalue weighted by molar-refractivity contribution is 0.0954. The first-order valence-electron chi connectivity index (χ1n) is 8.29. The first-order valence-corrected chi connectivity index (χ1v) is 9.23. The maximum Gasteiger partial charge on any atom is 0.252 e. The second-order valence-corrected chi connectivity index (χ2v) is 6.86. The van der Waals surface area contributed by atoms with E-state index in [1.165, 1.54) is 25.7 Å². The van der Waals surface area contributed by atoms with E-state index in [2.05, 4.69) is 24.8 Å². The molecule has 7 heteroatoms. The summed E-state index contributed by atoms with van der Waals surface area (Å²) in [6.07, 6.45) is 9.15. The number of rotatable bonds is 5. The number of carbonyl (C=O) groups excluding carboxylic acids is 1. The minimum Gasteiger partial charge on any atom is -0.352 e. The van der Waals surface area contributed by atoms with Crippen LogP contribution in [0.2, 0.25) is 0 Å². The number of imidazole rings is 1. The van der Waals surface area contributed by atoms with Gasteiger partial charge in [-0.15, -0.1) is 11.3 Å². The molecule has 124 valence electrons. The second kappa shape index (κ2) is 6.68. The average molecular weight is 341 g/mol. The maximum atomic E-state index is 12.3. The van der Waals surface area contributed by atoms with Crippen LogP contribution >= 0.6 is 11.3 Å². The SMILES string of the molecule is O=C(NCCc1cscn1)c1cnc2c(c1)ncn2C1CCCC1. The van der Waals surface area contributed by atoms with E-state index in [0.717, 1.165) is 23.3 Å². The van der Waals surface area contributed by atoms with Gasteiger partial charge in [-0.3, -0.25) is 4.79 Å². The number of fused-ring (bicyclic) bond motifs is 1. The summed E-state index contributed by atoms with van der Waals surface area (Å²) in [4.78, 5) is 25.4. The van der Waals surface area contributed by atoms with E-state index in [1.807, 2.05) is 17.8 Å². The van der Waals surface area contributed by atoms with Gasteiger partial charge >= 0.3 is 0 Å². The molecule has 3 aromatic rings. The van der Waals surface area contributed by atoms with Gasteiger partial charge in [0.15, 0.2) is 5.65 Å². The monoisotopic (exact) mass is 341 g/mol. The van der Waals surface area contributed by atoms with E-state index in [1.54, 1.807) is 23.0 Å². The van der Waals surface area contributed by atoms with Gasteiger partial charge in [-0.1, -0.05) is 12.8 Å². The zero-order valence-electron chi connectivity index (χ0n) is 13.3. The van der Waals surface area contributed by atoms with Crippen molar-refractivity contribution in [2.24, 2.45) is 0 Å². The van der Waals surface area contributed by atoms with Gasteiger partial charge < -0.3 is 9.88 Å². The molecule has 24 heavy (non-hydrogen) atoms. The first-order chi connectivity index (χ1) is 11.8. The molecular weight excluding hydrogens is 322 g/mol. The molecule has 0 aliphatic heterocycles. The highest BCUT2D eigenvalue weighted by atomic mass is 32.1. The van der Waals surface area contributed by atoms with Gasteiger partial charge in [0, 0.05) is 30.6 Å². The molecule has 3 aromatic heterocycles. The van der Waals surface area contributed by atoms with Gasteiger partial charge in [0.2, 0.25) is 0 Å². The molecule has 4 rings (SSSR count). The molecule has 0 radical (unpaired) electrons. The highest BCUT2D eigenvalue weighted by molar-refractivity contribution is 7.07. The van der Waals surface area contributed by atoms with Crippen LogP contribution in [0.4, 0.5) is 0 Å². The molecule has 1 aliphatic rings.